The van der Waals surface area contributed by atoms with Crippen molar-refractivity contribution in [1.29, 1.82) is 0 Å². The molecular weight excluding hydrogens is 224 g/mol. The van der Waals surface area contributed by atoms with Gasteiger partial charge in [0.15, 0.2) is 0 Å². The van der Waals surface area contributed by atoms with Gasteiger partial charge in [0.2, 0.25) is 0 Å². The van der Waals surface area contributed by atoms with Crippen LogP contribution in [0.1, 0.15) is 0 Å². The highest BCUT2D eigenvalue weighted by Gasteiger charge is 1.96. The van der Waals surface area contributed by atoms with Gasteiger partial charge >= 0.3 is 0 Å². The summed E-state index contributed by atoms with van der Waals surface area (Å²) in [6.45, 7) is 0. The van der Waals surface area contributed by atoms with Gasteiger partial charge in [0.05, 0.1) is 0 Å². The minimum Gasteiger partial charge on any atom is -0.160 e. The molecular formula is C8H16S4. The van der Waals surface area contributed by atoms with Crippen molar-refractivity contribution in [1.82, 2.24) is 0 Å². The molecule has 1 rings (SSSR count). The maximum atomic E-state index is 2.12. The molecule has 1 heterocycles. The van der Waals surface area contributed by atoms with Gasteiger partial charge in [-0.25, -0.2) is 0 Å². The summed E-state index contributed by atoms with van der Waals surface area (Å²) < 4.78 is 0. The maximum absolute atomic E-state index is 2.12. The van der Waals surface area contributed by atoms with Gasteiger partial charge in [-0.15, -0.1) is 0 Å². The first-order chi connectivity index (χ1) is 6.00. The van der Waals surface area contributed by atoms with E-state index < -0.39 is 0 Å². The smallest absolute Gasteiger partial charge is 0.00238 e. The molecule has 0 spiro atoms. The fourth-order valence-corrected chi connectivity index (χ4v) is 5.47. The second kappa shape index (κ2) is 8.97. The van der Waals surface area contributed by atoms with Crippen molar-refractivity contribution < 1.29 is 0 Å². The van der Waals surface area contributed by atoms with Crippen LogP contribution in [0.15, 0.2) is 0 Å². The largest absolute Gasteiger partial charge is 0.160 e. The quantitative estimate of drug-likeness (QED) is 0.638. The average Bonchev–Trinajstić information content (AvgIpc) is 2.05. The van der Waals surface area contributed by atoms with Crippen molar-refractivity contribution in [2.75, 3.05) is 46.0 Å². The van der Waals surface area contributed by atoms with Crippen molar-refractivity contribution in [3.05, 3.63) is 0 Å². The molecule has 1 aliphatic heterocycles. The summed E-state index contributed by atoms with van der Waals surface area (Å²) in [5.74, 6) is 10.9. The highest BCUT2D eigenvalue weighted by Crippen LogP contribution is 2.15. The van der Waals surface area contributed by atoms with Crippen LogP contribution in [0.2, 0.25) is 0 Å². The summed E-state index contributed by atoms with van der Waals surface area (Å²) in [6, 6.07) is 0. The number of hydrogen-bond acceptors (Lipinski definition) is 4. The van der Waals surface area contributed by atoms with Gasteiger partial charge < -0.3 is 0 Å². The third-order valence-electron chi connectivity index (χ3n) is 1.49. The lowest BCUT2D eigenvalue weighted by molar-refractivity contribution is 1.43. The molecule has 0 amide bonds. The summed E-state index contributed by atoms with van der Waals surface area (Å²) in [7, 11) is 0. The molecule has 12 heavy (non-hydrogen) atoms. The van der Waals surface area contributed by atoms with Crippen LogP contribution in [0.4, 0.5) is 0 Å². The Labute approximate surface area is 92.8 Å². The molecule has 0 aromatic carbocycles. The van der Waals surface area contributed by atoms with Crippen LogP contribution in [0.25, 0.3) is 0 Å². The van der Waals surface area contributed by atoms with Crippen LogP contribution in [0, 0.1) is 0 Å². The number of hydrogen-bond donors (Lipinski definition) is 0. The van der Waals surface area contributed by atoms with Gasteiger partial charge in [0.1, 0.15) is 0 Å². The third-order valence-corrected chi connectivity index (χ3v) is 6.46. The van der Waals surface area contributed by atoms with E-state index in [2.05, 4.69) is 47.0 Å². The molecule has 1 aliphatic rings. The lowest BCUT2D eigenvalue weighted by Crippen LogP contribution is -1.97. The Morgan fingerprint density at radius 1 is 0.333 bits per heavy atom. The van der Waals surface area contributed by atoms with E-state index in [1.807, 2.05) is 0 Å². The van der Waals surface area contributed by atoms with Crippen LogP contribution in [0.5, 0.6) is 0 Å². The van der Waals surface area contributed by atoms with Gasteiger partial charge in [-0.1, -0.05) is 0 Å². The van der Waals surface area contributed by atoms with Crippen LogP contribution in [-0.2, 0) is 0 Å². The lowest BCUT2D eigenvalue weighted by Gasteiger charge is -2.05. The van der Waals surface area contributed by atoms with Crippen LogP contribution >= 0.6 is 47.0 Å². The summed E-state index contributed by atoms with van der Waals surface area (Å²) in [6.07, 6.45) is 0. The Hall–Kier alpha value is 1.40. The predicted octanol–water partition coefficient (Wildman–Crippen LogP) is 2.93. The average molecular weight is 240 g/mol. The molecule has 0 atom stereocenters. The Balaban J connectivity index is 2.00. The normalized spacial score (nSPS) is 24.0. The monoisotopic (exact) mass is 240 g/mol. The first kappa shape index (κ1) is 11.5. The second-order valence-corrected chi connectivity index (χ2v) is 7.35. The molecule has 0 nitrogen and oxygen atoms in total. The van der Waals surface area contributed by atoms with Gasteiger partial charge in [0, 0.05) is 46.0 Å². The first-order valence-electron chi connectivity index (χ1n) is 4.31. The summed E-state index contributed by atoms with van der Waals surface area (Å²) in [4.78, 5) is 0. The summed E-state index contributed by atoms with van der Waals surface area (Å²) >= 11 is 8.48. The maximum Gasteiger partial charge on any atom is 0.00238 e. The number of rotatable bonds is 0. The second-order valence-electron chi connectivity index (χ2n) is 2.45. The van der Waals surface area contributed by atoms with Gasteiger partial charge in [0.25, 0.3) is 0 Å². The molecule has 0 saturated carbocycles. The Kier molecular flexibility index (Phi) is 8.58. The van der Waals surface area contributed by atoms with E-state index in [0.29, 0.717) is 0 Å². The Morgan fingerprint density at radius 2 is 0.500 bits per heavy atom. The minimum absolute atomic E-state index is 1.36. The van der Waals surface area contributed by atoms with Gasteiger partial charge in [-0.2, -0.15) is 47.0 Å². The molecule has 1 fully saturated rings. The van der Waals surface area contributed by atoms with Crippen molar-refractivity contribution >= 4 is 47.0 Å². The standard InChI is InChI=1S/C8H16S4/c1-2-10-5-6-12-8-7-11-4-3-9-1/h1-8H2. The SMILES string of the molecule is C1CSCCSCCSCCS1. The fourth-order valence-electron chi connectivity index (χ4n) is 0.880. The van der Waals surface area contributed by atoms with E-state index in [0.717, 1.165) is 0 Å². The van der Waals surface area contributed by atoms with Crippen molar-refractivity contribution in [2.45, 2.75) is 0 Å². The van der Waals surface area contributed by atoms with E-state index in [4.69, 9.17) is 0 Å². The Morgan fingerprint density at radius 3 is 0.667 bits per heavy atom. The molecule has 0 bridgehead atoms. The highest BCUT2D eigenvalue weighted by atomic mass is 32.2. The molecule has 0 aliphatic carbocycles. The molecule has 0 aromatic heterocycles. The lowest BCUT2D eigenvalue weighted by atomic mass is 10.9. The van der Waals surface area contributed by atoms with Crippen molar-refractivity contribution in [3.63, 3.8) is 0 Å². The summed E-state index contributed by atoms with van der Waals surface area (Å²) in [5, 5.41) is 0. The predicted molar refractivity (Wildman–Crippen MR) is 69.3 cm³/mol. The third kappa shape index (κ3) is 6.87. The zero-order valence-electron chi connectivity index (χ0n) is 7.29. The van der Waals surface area contributed by atoms with E-state index in [1.165, 1.54) is 46.0 Å². The first-order valence-corrected chi connectivity index (χ1v) is 8.93. The molecule has 4 heteroatoms. The molecule has 1 saturated heterocycles. The zero-order chi connectivity index (χ0) is 8.49. The van der Waals surface area contributed by atoms with E-state index in [9.17, 15) is 0 Å². The zero-order valence-corrected chi connectivity index (χ0v) is 10.6. The van der Waals surface area contributed by atoms with Crippen molar-refractivity contribution in [2.24, 2.45) is 0 Å². The molecule has 0 N–H and O–H groups in total. The van der Waals surface area contributed by atoms with E-state index >= 15 is 0 Å². The molecule has 0 radical (unpaired) electrons. The van der Waals surface area contributed by atoms with E-state index in [-0.39, 0.29) is 0 Å². The molecule has 0 aromatic rings. The Bertz CT molecular complexity index is 54.0. The van der Waals surface area contributed by atoms with Gasteiger partial charge in [-0.3, -0.25) is 0 Å². The summed E-state index contributed by atoms with van der Waals surface area (Å²) in [5.41, 5.74) is 0. The molecule has 0 unspecified atom stereocenters. The van der Waals surface area contributed by atoms with Crippen molar-refractivity contribution in [3.8, 4) is 0 Å². The molecule has 72 valence electrons. The van der Waals surface area contributed by atoms with Crippen LogP contribution < -0.4 is 0 Å². The number of thioether (sulfide) groups is 4. The van der Waals surface area contributed by atoms with Crippen LogP contribution in [-0.4, -0.2) is 46.0 Å². The fraction of sp³-hybridized carbons (Fsp3) is 1.00. The topological polar surface area (TPSA) is 0 Å². The van der Waals surface area contributed by atoms with Crippen LogP contribution in [0.3, 0.4) is 0 Å². The van der Waals surface area contributed by atoms with Gasteiger partial charge in [-0.05, 0) is 0 Å². The minimum atomic E-state index is 1.36. The highest BCUT2D eigenvalue weighted by molar-refractivity contribution is 8.06. The van der Waals surface area contributed by atoms with E-state index in [1.54, 1.807) is 0 Å².